The molecule has 168 valence electrons. The average Bonchev–Trinajstić information content (AvgIpc) is 2.62. The normalized spacial score (nSPS) is 10.8. The van der Waals surface area contributed by atoms with Gasteiger partial charge in [-0.1, -0.05) is 30.6 Å². The Morgan fingerprint density at radius 1 is 0.967 bits per heavy atom. The van der Waals surface area contributed by atoms with Crippen LogP contribution in [0.5, 0.6) is 0 Å². The van der Waals surface area contributed by atoms with E-state index in [-0.39, 0.29) is 23.6 Å². The Labute approximate surface area is 194 Å². The summed E-state index contributed by atoms with van der Waals surface area (Å²) < 4.78 is 43.0. The van der Waals surface area contributed by atoms with Crippen molar-refractivity contribution in [3.05, 3.63) is 63.6 Å². The molecular weight excluding hydrogens is 530 g/mol. The first-order chi connectivity index (χ1) is 13.3. The molecule has 0 aliphatic rings. The fourth-order valence-electron chi connectivity index (χ4n) is 1.42. The summed E-state index contributed by atoms with van der Waals surface area (Å²) in [5.74, 6) is -2.18. The predicted molar refractivity (Wildman–Crippen MR) is 112 cm³/mol. The highest BCUT2D eigenvalue weighted by Crippen LogP contribution is 2.25. The molecule has 1 atom stereocenters. The molecule has 2 N–H and O–H groups in total. The minimum Gasteiger partial charge on any atom is -0.749 e. The van der Waals surface area contributed by atoms with E-state index in [1.165, 1.54) is 24.3 Å². The summed E-state index contributed by atoms with van der Waals surface area (Å²) in [7, 11) is 1.02. The zero-order chi connectivity index (χ0) is 22.8. The lowest BCUT2D eigenvalue weighted by Crippen LogP contribution is -1.99. The monoisotopic (exact) mass is 541 g/mol. The standard InChI is InChI=1S/C7H4Cl2O4S.C7H5ClO2.CH4.ClHO3S/c8-5-2-1-4(7(10)11)3-6(5)14(9,12)13;8-6-3-1-5(2-4-6)7(9)10;;1-4-5(2)3/h1-3H,(H,10,11);1-4H,(H,9,10);1H4;(H,2,3)/p-1. The van der Waals surface area contributed by atoms with Gasteiger partial charge in [-0.2, -0.15) is 3.74 Å². The van der Waals surface area contributed by atoms with Gasteiger partial charge in [0.05, 0.1) is 28.0 Å². The smallest absolute Gasteiger partial charge is 0.335 e. The van der Waals surface area contributed by atoms with E-state index in [0.29, 0.717) is 5.02 Å². The zero-order valence-corrected chi connectivity index (χ0v) is 18.3. The third kappa shape index (κ3) is 12.3. The molecule has 2 rings (SSSR count). The highest BCUT2D eigenvalue weighted by atomic mass is 35.7. The Morgan fingerprint density at radius 3 is 1.70 bits per heavy atom. The summed E-state index contributed by atoms with van der Waals surface area (Å²) in [6.45, 7) is 0. The van der Waals surface area contributed by atoms with Crippen LogP contribution >= 0.6 is 45.8 Å². The van der Waals surface area contributed by atoms with Crippen LogP contribution in [-0.2, 0) is 24.1 Å². The number of halogens is 4. The number of carboxylic acids is 2. The molecule has 0 aliphatic carbocycles. The summed E-state index contributed by atoms with van der Waals surface area (Å²) in [5.41, 5.74) is 0.0676. The van der Waals surface area contributed by atoms with Gasteiger partial charge >= 0.3 is 11.9 Å². The molecule has 9 nitrogen and oxygen atoms in total. The molecule has 0 fully saturated rings. The minimum absolute atomic E-state index is 0. The van der Waals surface area contributed by atoms with Crippen molar-refractivity contribution in [1.29, 1.82) is 0 Å². The predicted octanol–water partition coefficient (Wildman–Crippen LogP) is 4.59. The Balaban J connectivity index is 0. The molecule has 2 aromatic carbocycles. The molecule has 15 heteroatoms. The fourth-order valence-corrected chi connectivity index (χ4v) is 3.03. The van der Waals surface area contributed by atoms with E-state index in [2.05, 4.69) is 15.6 Å². The summed E-state index contributed by atoms with van der Waals surface area (Å²) in [6, 6.07) is 9.29. The van der Waals surface area contributed by atoms with Crippen molar-refractivity contribution in [3.8, 4) is 0 Å². The maximum atomic E-state index is 10.9. The molecule has 0 amide bonds. The molecule has 30 heavy (non-hydrogen) atoms. The van der Waals surface area contributed by atoms with Gasteiger partial charge in [-0.05, 0) is 42.5 Å². The van der Waals surface area contributed by atoms with Crippen LogP contribution in [-0.4, -0.2) is 39.3 Å². The maximum absolute atomic E-state index is 10.9. The van der Waals surface area contributed by atoms with Crippen LogP contribution in [0.15, 0.2) is 47.4 Å². The number of aromatic carboxylic acids is 2. The summed E-state index contributed by atoms with van der Waals surface area (Å²) in [6.07, 6.45) is 0. The number of hydrogen-bond donors (Lipinski definition) is 2. The van der Waals surface area contributed by atoms with Crippen molar-refractivity contribution in [1.82, 2.24) is 0 Å². The second kappa shape index (κ2) is 14.5. The topological polar surface area (TPSA) is 158 Å². The number of carboxylic acid groups (broad SMARTS) is 2. The van der Waals surface area contributed by atoms with Gasteiger partial charge in [-0.25, -0.2) is 22.2 Å². The van der Waals surface area contributed by atoms with Crippen LogP contribution in [0.4, 0.5) is 0 Å². The molecule has 0 saturated carbocycles. The van der Waals surface area contributed by atoms with Gasteiger partial charge < -0.3 is 14.8 Å². The van der Waals surface area contributed by atoms with Crippen LogP contribution in [0, 0.1) is 0 Å². The van der Waals surface area contributed by atoms with E-state index in [4.69, 9.17) is 52.9 Å². The van der Waals surface area contributed by atoms with Gasteiger partial charge in [0.1, 0.15) is 16.3 Å². The number of carbonyl (C=O) groups is 2. The highest BCUT2D eigenvalue weighted by Gasteiger charge is 2.17. The van der Waals surface area contributed by atoms with E-state index in [1.807, 2.05) is 0 Å². The van der Waals surface area contributed by atoms with Gasteiger partial charge in [0.15, 0.2) is 0 Å². The van der Waals surface area contributed by atoms with Gasteiger partial charge in [0.2, 0.25) is 0 Å². The second-order valence-electron chi connectivity index (χ2n) is 4.47. The first-order valence-corrected chi connectivity index (χ1v) is 11.0. The van der Waals surface area contributed by atoms with Crippen molar-refractivity contribution in [2.45, 2.75) is 12.3 Å². The van der Waals surface area contributed by atoms with Crippen LogP contribution in [0.3, 0.4) is 0 Å². The summed E-state index contributed by atoms with van der Waals surface area (Å²) >= 11 is 12.7. The lowest BCUT2D eigenvalue weighted by molar-refractivity contribution is 0.0686. The van der Waals surface area contributed by atoms with Crippen molar-refractivity contribution < 1.29 is 40.7 Å². The molecule has 0 aromatic heterocycles. The second-order valence-corrected chi connectivity index (χ2v) is 8.76. The van der Waals surface area contributed by atoms with Crippen LogP contribution < -0.4 is 0 Å². The SMILES string of the molecule is C.O=C(O)c1ccc(Cl)c(S(=O)(=O)Cl)c1.O=C(O)c1ccc(Cl)cc1.O=S([O-])OCl. The molecule has 0 heterocycles. The quantitative estimate of drug-likeness (QED) is 0.416. The summed E-state index contributed by atoms with van der Waals surface area (Å²) in [5, 5.41) is 17.5. The van der Waals surface area contributed by atoms with E-state index < -0.39 is 37.2 Å². The van der Waals surface area contributed by atoms with E-state index in [1.54, 1.807) is 12.1 Å². The molecule has 2 aromatic rings. The van der Waals surface area contributed by atoms with Gasteiger partial charge in [0, 0.05) is 15.7 Å². The van der Waals surface area contributed by atoms with E-state index in [9.17, 15) is 18.0 Å². The van der Waals surface area contributed by atoms with Crippen LogP contribution in [0.25, 0.3) is 0 Å². The number of benzene rings is 2. The Hall–Kier alpha value is -1.44. The molecular formula is C15H13Cl4O9S2-. The first-order valence-electron chi connectivity index (χ1n) is 6.64. The third-order valence-corrected chi connectivity index (χ3v) is 5.05. The van der Waals surface area contributed by atoms with Gasteiger partial charge in [-0.3, -0.25) is 0 Å². The Morgan fingerprint density at radius 2 is 1.37 bits per heavy atom. The van der Waals surface area contributed by atoms with Crippen LogP contribution in [0.1, 0.15) is 28.1 Å². The van der Waals surface area contributed by atoms with E-state index in [0.717, 1.165) is 6.07 Å². The molecule has 0 radical (unpaired) electrons. The van der Waals surface area contributed by atoms with E-state index >= 15 is 0 Å². The average molecular weight is 543 g/mol. The Bertz CT molecular complexity index is 980. The maximum Gasteiger partial charge on any atom is 0.335 e. The van der Waals surface area contributed by atoms with Crippen molar-refractivity contribution in [3.63, 3.8) is 0 Å². The molecule has 0 spiro atoms. The highest BCUT2D eigenvalue weighted by molar-refractivity contribution is 8.13. The fraction of sp³-hybridized carbons (Fsp3) is 0.0667. The Kier molecular flexibility index (Phi) is 14.9. The van der Waals surface area contributed by atoms with Crippen molar-refractivity contribution in [2.75, 3.05) is 0 Å². The molecule has 0 bridgehead atoms. The largest absolute Gasteiger partial charge is 0.749 e. The molecule has 0 saturated heterocycles. The minimum atomic E-state index is -4.01. The number of hydrogen-bond acceptors (Lipinski definition) is 7. The first kappa shape index (κ1) is 30.8. The van der Waals surface area contributed by atoms with Crippen molar-refractivity contribution in [2.24, 2.45) is 0 Å². The third-order valence-electron chi connectivity index (χ3n) is 2.58. The lowest BCUT2D eigenvalue weighted by atomic mass is 10.2. The molecule has 1 unspecified atom stereocenters. The van der Waals surface area contributed by atoms with Crippen LogP contribution in [0.2, 0.25) is 10.0 Å². The summed E-state index contributed by atoms with van der Waals surface area (Å²) in [4.78, 5) is 20.4. The van der Waals surface area contributed by atoms with Gasteiger partial charge in [-0.15, -0.1) is 0 Å². The number of rotatable bonds is 4. The van der Waals surface area contributed by atoms with Crippen molar-refractivity contribution >= 4 is 78.1 Å². The zero-order valence-electron chi connectivity index (χ0n) is 13.6. The van der Waals surface area contributed by atoms with Gasteiger partial charge in [0.25, 0.3) is 9.05 Å². The lowest BCUT2D eigenvalue weighted by Gasteiger charge is -2.00. The molecule has 0 aliphatic heterocycles.